The summed E-state index contributed by atoms with van der Waals surface area (Å²) < 4.78 is 26.8. The van der Waals surface area contributed by atoms with Gasteiger partial charge in [-0.3, -0.25) is 0 Å². The normalized spacial score (nSPS) is 14.5. The summed E-state index contributed by atoms with van der Waals surface area (Å²) in [6, 6.07) is 4.63. The van der Waals surface area contributed by atoms with E-state index in [1.54, 1.807) is 26.8 Å². The molecule has 18 heavy (non-hydrogen) atoms. The molecule has 0 radical (unpaired) electrons. The van der Waals surface area contributed by atoms with E-state index in [0.29, 0.717) is 5.69 Å². The van der Waals surface area contributed by atoms with E-state index in [4.69, 9.17) is 5.73 Å². The van der Waals surface area contributed by atoms with Crippen molar-refractivity contribution in [3.8, 4) is 0 Å². The molecule has 0 bridgehead atoms. The van der Waals surface area contributed by atoms with Crippen molar-refractivity contribution < 1.29 is 13.5 Å². The third kappa shape index (κ3) is 3.44. The lowest BCUT2D eigenvalue weighted by molar-refractivity contribution is 0.111. The fraction of sp³-hybridized carbons (Fsp3) is 0.500. The number of aryl methyl sites for hydroxylation is 1. The van der Waals surface area contributed by atoms with Crippen LogP contribution in [-0.2, 0) is 10.0 Å². The molecule has 1 atom stereocenters. The molecular weight excluding hydrogens is 252 g/mol. The molecule has 5 nitrogen and oxygen atoms in total. The molecule has 102 valence electrons. The maximum Gasteiger partial charge on any atom is 0.241 e. The van der Waals surface area contributed by atoms with E-state index in [1.807, 2.05) is 0 Å². The van der Waals surface area contributed by atoms with Crippen molar-refractivity contribution in [2.24, 2.45) is 0 Å². The van der Waals surface area contributed by atoms with Gasteiger partial charge in [0.15, 0.2) is 0 Å². The number of nitrogens with one attached hydrogen (secondary N) is 1. The summed E-state index contributed by atoms with van der Waals surface area (Å²) in [5.41, 5.74) is 5.85. The summed E-state index contributed by atoms with van der Waals surface area (Å²) in [6.45, 7) is 6.55. The first-order valence-corrected chi connectivity index (χ1v) is 7.12. The van der Waals surface area contributed by atoms with Gasteiger partial charge in [0, 0.05) is 5.69 Å². The van der Waals surface area contributed by atoms with Crippen LogP contribution in [0.25, 0.3) is 0 Å². The third-order valence-corrected chi connectivity index (χ3v) is 4.48. The van der Waals surface area contributed by atoms with Gasteiger partial charge < -0.3 is 10.8 Å². The topological polar surface area (TPSA) is 92.4 Å². The van der Waals surface area contributed by atoms with Crippen LogP contribution in [0.3, 0.4) is 0 Å². The highest BCUT2D eigenvalue weighted by molar-refractivity contribution is 7.89. The largest absolute Gasteiger partial charge is 0.399 e. The van der Waals surface area contributed by atoms with Crippen LogP contribution in [0.2, 0.25) is 0 Å². The van der Waals surface area contributed by atoms with E-state index in [2.05, 4.69) is 4.72 Å². The van der Waals surface area contributed by atoms with Gasteiger partial charge in [-0.05, 0) is 51.5 Å². The van der Waals surface area contributed by atoms with E-state index >= 15 is 0 Å². The minimum Gasteiger partial charge on any atom is -0.399 e. The van der Waals surface area contributed by atoms with Gasteiger partial charge in [-0.15, -0.1) is 0 Å². The maximum atomic E-state index is 12.2. The fourth-order valence-corrected chi connectivity index (χ4v) is 3.04. The molecule has 0 aliphatic heterocycles. The zero-order valence-electron chi connectivity index (χ0n) is 11.1. The molecule has 4 N–H and O–H groups in total. The molecule has 0 fully saturated rings. The van der Waals surface area contributed by atoms with Crippen molar-refractivity contribution in [3.63, 3.8) is 0 Å². The number of nitrogen functional groups attached to an aromatic ring is 1. The zero-order valence-corrected chi connectivity index (χ0v) is 11.9. The van der Waals surface area contributed by atoms with Crippen LogP contribution < -0.4 is 10.5 Å². The number of hydrogen-bond acceptors (Lipinski definition) is 4. The van der Waals surface area contributed by atoms with Crippen LogP contribution in [0.4, 0.5) is 5.69 Å². The summed E-state index contributed by atoms with van der Waals surface area (Å²) in [7, 11) is -3.70. The van der Waals surface area contributed by atoms with E-state index in [-0.39, 0.29) is 4.90 Å². The van der Waals surface area contributed by atoms with Gasteiger partial charge in [0.2, 0.25) is 10.0 Å². The number of aliphatic hydroxyl groups is 1. The van der Waals surface area contributed by atoms with Crippen molar-refractivity contribution in [1.82, 2.24) is 4.72 Å². The van der Waals surface area contributed by atoms with Crippen molar-refractivity contribution in [3.05, 3.63) is 23.8 Å². The van der Waals surface area contributed by atoms with Crippen molar-refractivity contribution in [1.29, 1.82) is 0 Å². The number of rotatable bonds is 4. The summed E-state index contributed by atoms with van der Waals surface area (Å²) in [5.74, 6) is 0. The SMILES string of the molecule is Cc1cc(N)cc(S(=O)(=O)NC(C)(C)C(C)O)c1. The first kappa shape index (κ1) is 14.9. The number of sulfonamides is 1. The Morgan fingerprint density at radius 3 is 2.33 bits per heavy atom. The molecule has 0 heterocycles. The molecule has 0 aliphatic rings. The molecule has 0 saturated carbocycles. The highest BCUT2D eigenvalue weighted by atomic mass is 32.2. The predicted octanol–water partition coefficient (Wildman–Crippen LogP) is 1.01. The lowest BCUT2D eigenvalue weighted by Crippen LogP contribution is -2.50. The van der Waals surface area contributed by atoms with Gasteiger partial charge in [0.25, 0.3) is 0 Å². The standard InChI is InChI=1S/C12H20N2O3S/c1-8-5-10(13)7-11(6-8)18(16,17)14-12(3,4)9(2)15/h5-7,9,14-15H,13H2,1-4H3. The lowest BCUT2D eigenvalue weighted by atomic mass is 10.0. The van der Waals surface area contributed by atoms with Gasteiger partial charge >= 0.3 is 0 Å². The smallest absolute Gasteiger partial charge is 0.241 e. The molecule has 6 heteroatoms. The molecule has 0 saturated heterocycles. The third-order valence-electron chi connectivity index (χ3n) is 2.83. The van der Waals surface area contributed by atoms with Gasteiger partial charge in [-0.2, -0.15) is 0 Å². The Morgan fingerprint density at radius 2 is 1.89 bits per heavy atom. The van der Waals surface area contributed by atoms with E-state index < -0.39 is 21.7 Å². The molecule has 1 aromatic carbocycles. The van der Waals surface area contributed by atoms with Crippen molar-refractivity contribution in [2.75, 3.05) is 5.73 Å². The monoisotopic (exact) mass is 272 g/mol. The zero-order chi connectivity index (χ0) is 14.1. The summed E-state index contributed by atoms with van der Waals surface area (Å²) >= 11 is 0. The number of benzene rings is 1. The number of hydrogen-bond donors (Lipinski definition) is 3. The Hall–Kier alpha value is -1.11. The first-order valence-electron chi connectivity index (χ1n) is 5.64. The van der Waals surface area contributed by atoms with Crippen LogP contribution in [0, 0.1) is 6.92 Å². The van der Waals surface area contributed by atoms with E-state index in [1.165, 1.54) is 19.1 Å². The second kappa shape index (κ2) is 4.87. The highest BCUT2D eigenvalue weighted by Gasteiger charge is 2.30. The fourth-order valence-electron chi connectivity index (χ4n) is 1.42. The quantitative estimate of drug-likeness (QED) is 0.713. The van der Waals surface area contributed by atoms with Crippen LogP contribution in [0.5, 0.6) is 0 Å². The second-order valence-corrected chi connectivity index (χ2v) is 6.76. The van der Waals surface area contributed by atoms with Crippen LogP contribution in [0.15, 0.2) is 23.1 Å². The number of nitrogens with two attached hydrogens (primary N) is 1. The summed E-state index contributed by atoms with van der Waals surface area (Å²) in [5, 5.41) is 9.55. The van der Waals surface area contributed by atoms with Crippen LogP contribution in [-0.4, -0.2) is 25.2 Å². The molecule has 0 amide bonds. The van der Waals surface area contributed by atoms with Crippen LogP contribution in [0.1, 0.15) is 26.3 Å². The Bertz CT molecular complexity index is 516. The molecule has 1 aromatic rings. The minimum atomic E-state index is -3.70. The summed E-state index contributed by atoms with van der Waals surface area (Å²) in [6.07, 6.45) is -0.811. The van der Waals surface area contributed by atoms with E-state index in [9.17, 15) is 13.5 Å². The van der Waals surface area contributed by atoms with E-state index in [0.717, 1.165) is 5.56 Å². The second-order valence-electron chi connectivity index (χ2n) is 5.08. The van der Waals surface area contributed by atoms with Crippen molar-refractivity contribution in [2.45, 2.75) is 44.2 Å². The van der Waals surface area contributed by atoms with Gasteiger partial charge in [0.1, 0.15) is 0 Å². The molecule has 1 rings (SSSR count). The Kier molecular flexibility index (Phi) is 4.05. The average Bonchev–Trinajstić information content (AvgIpc) is 2.13. The van der Waals surface area contributed by atoms with Crippen molar-refractivity contribution >= 4 is 15.7 Å². The first-order chi connectivity index (χ1) is 8.04. The minimum absolute atomic E-state index is 0.105. The van der Waals surface area contributed by atoms with Gasteiger partial charge in [0.05, 0.1) is 16.5 Å². The highest BCUT2D eigenvalue weighted by Crippen LogP contribution is 2.19. The Morgan fingerprint density at radius 1 is 1.33 bits per heavy atom. The molecule has 1 unspecified atom stereocenters. The molecule has 0 aliphatic carbocycles. The van der Waals surface area contributed by atoms with Gasteiger partial charge in [-0.1, -0.05) is 0 Å². The van der Waals surface area contributed by atoms with Gasteiger partial charge in [-0.25, -0.2) is 13.1 Å². The molecular formula is C12H20N2O3S. The molecule has 0 spiro atoms. The van der Waals surface area contributed by atoms with Crippen LogP contribution >= 0.6 is 0 Å². The maximum absolute atomic E-state index is 12.2. The lowest BCUT2D eigenvalue weighted by Gasteiger charge is -2.29. The Labute approximate surface area is 108 Å². The number of anilines is 1. The summed E-state index contributed by atoms with van der Waals surface area (Å²) in [4.78, 5) is 0.105. The molecule has 0 aromatic heterocycles. The number of aliphatic hydroxyl groups excluding tert-OH is 1. The predicted molar refractivity (Wildman–Crippen MR) is 71.7 cm³/mol. The Balaban J connectivity index is 3.15. The average molecular weight is 272 g/mol.